The summed E-state index contributed by atoms with van der Waals surface area (Å²) in [6.07, 6.45) is 10.9. The van der Waals surface area contributed by atoms with Crippen molar-refractivity contribution < 1.29 is 9.90 Å². The molecule has 0 radical (unpaired) electrons. The minimum Gasteiger partial charge on any atom is -0.396 e. The van der Waals surface area contributed by atoms with Crippen LogP contribution in [0, 0.1) is 5.92 Å². The topological polar surface area (TPSA) is 43.8 Å². The number of piperidine rings is 1. The van der Waals surface area contributed by atoms with Crippen molar-refractivity contribution in [3.05, 3.63) is 0 Å². The summed E-state index contributed by atoms with van der Waals surface area (Å²) in [5.74, 6) is 1.11. The van der Waals surface area contributed by atoms with Gasteiger partial charge in [0.1, 0.15) is 0 Å². The van der Waals surface area contributed by atoms with E-state index in [2.05, 4.69) is 9.80 Å². The first-order valence-corrected chi connectivity index (χ1v) is 8.94. The Morgan fingerprint density at radius 2 is 1.86 bits per heavy atom. The van der Waals surface area contributed by atoms with Crippen LogP contribution >= 0.6 is 0 Å². The Kier molecular flexibility index (Phi) is 5.17. The molecule has 0 unspecified atom stereocenters. The maximum atomic E-state index is 12.8. The average molecular weight is 294 g/mol. The number of hydrogen-bond donors (Lipinski definition) is 1. The van der Waals surface area contributed by atoms with Gasteiger partial charge in [-0.1, -0.05) is 12.8 Å². The minimum absolute atomic E-state index is 0.228. The van der Waals surface area contributed by atoms with E-state index in [1.54, 1.807) is 0 Å². The number of rotatable bonds is 6. The number of aliphatic hydroxyl groups is 1. The molecule has 3 rings (SSSR count). The van der Waals surface area contributed by atoms with Crippen molar-refractivity contribution in [2.24, 2.45) is 5.92 Å². The molecule has 4 heteroatoms. The van der Waals surface area contributed by atoms with Crippen LogP contribution in [-0.4, -0.2) is 59.1 Å². The lowest BCUT2D eigenvalue weighted by Gasteiger charge is -2.44. The first-order valence-electron chi connectivity index (χ1n) is 8.94. The molecule has 4 nitrogen and oxygen atoms in total. The molecule has 3 aliphatic rings. The van der Waals surface area contributed by atoms with Crippen LogP contribution in [-0.2, 0) is 4.79 Å². The zero-order chi connectivity index (χ0) is 14.7. The van der Waals surface area contributed by atoms with Crippen molar-refractivity contribution in [1.29, 1.82) is 0 Å². The smallest absolute Gasteiger partial charge is 0.237 e. The third-order valence-electron chi connectivity index (χ3n) is 5.57. The maximum Gasteiger partial charge on any atom is 0.237 e. The predicted molar refractivity (Wildman–Crippen MR) is 83.0 cm³/mol. The number of carbonyl (C=O) groups excluding carboxylic acids is 1. The monoisotopic (exact) mass is 294 g/mol. The summed E-state index contributed by atoms with van der Waals surface area (Å²) in [6.45, 7) is 2.65. The molecule has 1 aliphatic heterocycles. The number of fused-ring (bicyclic) bond motifs is 1. The van der Waals surface area contributed by atoms with Gasteiger partial charge in [0.25, 0.3) is 0 Å². The first-order chi connectivity index (χ1) is 10.3. The van der Waals surface area contributed by atoms with E-state index >= 15 is 0 Å². The molecule has 0 spiro atoms. The van der Waals surface area contributed by atoms with Gasteiger partial charge in [0.15, 0.2) is 0 Å². The third-order valence-corrected chi connectivity index (χ3v) is 5.57. The van der Waals surface area contributed by atoms with Gasteiger partial charge in [-0.15, -0.1) is 0 Å². The second-order valence-corrected chi connectivity index (χ2v) is 7.12. The van der Waals surface area contributed by atoms with Crippen molar-refractivity contribution in [2.75, 3.05) is 26.2 Å². The van der Waals surface area contributed by atoms with E-state index in [1.165, 1.54) is 51.4 Å². The Bertz CT molecular complexity index is 355. The molecule has 0 aromatic carbocycles. The molecule has 0 aromatic heterocycles. The van der Waals surface area contributed by atoms with Crippen LogP contribution in [0.3, 0.4) is 0 Å². The Labute approximate surface area is 128 Å². The van der Waals surface area contributed by atoms with Crippen LogP contribution < -0.4 is 0 Å². The zero-order valence-corrected chi connectivity index (χ0v) is 13.2. The second kappa shape index (κ2) is 7.10. The van der Waals surface area contributed by atoms with Gasteiger partial charge in [0, 0.05) is 31.8 Å². The molecule has 2 aliphatic carbocycles. The van der Waals surface area contributed by atoms with Crippen LogP contribution in [0.2, 0.25) is 0 Å². The third kappa shape index (κ3) is 3.78. The van der Waals surface area contributed by atoms with Crippen molar-refractivity contribution in [2.45, 2.75) is 69.9 Å². The van der Waals surface area contributed by atoms with E-state index in [0.717, 1.165) is 25.4 Å². The summed E-state index contributed by atoms with van der Waals surface area (Å²) < 4.78 is 0. The summed E-state index contributed by atoms with van der Waals surface area (Å²) in [4.78, 5) is 17.3. The zero-order valence-electron chi connectivity index (χ0n) is 13.2. The SMILES string of the molecule is O=C(CN(CCCO)C1CC1)N1CCC[C@H]2CCCC[C@H]21. The maximum absolute atomic E-state index is 12.8. The highest BCUT2D eigenvalue weighted by Gasteiger charge is 2.37. The van der Waals surface area contributed by atoms with Gasteiger partial charge >= 0.3 is 0 Å². The molecule has 1 amide bonds. The molecule has 21 heavy (non-hydrogen) atoms. The summed E-state index contributed by atoms with van der Waals surface area (Å²) in [7, 11) is 0. The van der Waals surface area contributed by atoms with Gasteiger partial charge in [0.2, 0.25) is 5.91 Å². The predicted octanol–water partition coefficient (Wildman–Crippen LogP) is 2.01. The van der Waals surface area contributed by atoms with Crippen molar-refractivity contribution in [3.63, 3.8) is 0 Å². The Hall–Kier alpha value is -0.610. The van der Waals surface area contributed by atoms with E-state index in [9.17, 15) is 4.79 Å². The fourth-order valence-corrected chi connectivity index (χ4v) is 4.30. The van der Waals surface area contributed by atoms with Crippen molar-refractivity contribution in [3.8, 4) is 0 Å². The molecular weight excluding hydrogens is 264 g/mol. The quantitative estimate of drug-likeness (QED) is 0.815. The van der Waals surface area contributed by atoms with E-state index in [0.29, 0.717) is 24.5 Å². The lowest BCUT2D eigenvalue weighted by Crippen LogP contribution is -2.52. The highest BCUT2D eigenvalue weighted by Crippen LogP contribution is 2.35. The van der Waals surface area contributed by atoms with Crippen LogP contribution in [0.1, 0.15) is 57.8 Å². The molecule has 2 saturated carbocycles. The van der Waals surface area contributed by atoms with E-state index in [4.69, 9.17) is 5.11 Å². The standard InChI is InChI=1S/C17H30N2O2/c20-12-4-10-18(15-8-9-15)13-17(21)19-11-3-6-14-5-1-2-7-16(14)19/h14-16,20H,1-13H2/t14-,16-/m1/s1. The van der Waals surface area contributed by atoms with Gasteiger partial charge in [0.05, 0.1) is 6.54 Å². The number of aliphatic hydroxyl groups excluding tert-OH is 1. The summed E-state index contributed by atoms with van der Waals surface area (Å²) in [5, 5.41) is 9.03. The molecule has 1 N–H and O–H groups in total. The van der Waals surface area contributed by atoms with Gasteiger partial charge in [-0.25, -0.2) is 0 Å². The van der Waals surface area contributed by atoms with Crippen LogP contribution in [0.25, 0.3) is 0 Å². The van der Waals surface area contributed by atoms with Gasteiger partial charge < -0.3 is 10.0 Å². The molecule has 120 valence electrons. The van der Waals surface area contributed by atoms with Crippen LogP contribution in [0.15, 0.2) is 0 Å². The lowest BCUT2D eigenvalue weighted by atomic mass is 9.78. The summed E-state index contributed by atoms with van der Waals surface area (Å²) in [5.41, 5.74) is 0. The number of nitrogens with zero attached hydrogens (tertiary/aromatic N) is 2. The van der Waals surface area contributed by atoms with Crippen molar-refractivity contribution in [1.82, 2.24) is 9.80 Å². The number of likely N-dealkylation sites (tertiary alicyclic amines) is 1. The highest BCUT2D eigenvalue weighted by atomic mass is 16.3. The van der Waals surface area contributed by atoms with Gasteiger partial charge in [-0.3, -0.25) is 9.69 Å². The van der Waals surface area contributed by atoms with Crippen LogP contribution in [0.5, 0.6) is 0 Å². The molecular formula is C17H30N2O2. The average Bonchev–Trinajstić information content (AvgIpc) is 3.35. The number of hydrogen-bond acceptors (Lipinski definition) is 3. The van der Waals surface area contributed by atoms with Gasteiger partial charge in [-0.05, 0) is 50.9 Å². The van der Waals surface area contributed by atoms with Gasteiger partial charge in [-0.2, -0.15) is 0 Å². The van der Waals surface area contributed by atoms with Crippen LogP contribution in [0.4, 0.5) is 0 Å². The summed E-state index contributed by atoms with van der Waals surface area (Å²) in [6, 6.07) is 1.13. The number of amides is 1. The molecule has 0 aromatic rings. The fourth-order valence-electron chi connectivity index (χ4n) is 4.30. The Morgan fingerprint density at radius 3 is 2.62 bits per heavy atom. The largest absolute Gasteiger partial charge is 0.396 e. The Morgan fingerprint density at radius 1 is 1.10 bits per heavy atom. The van der Waals surface area contributed by atoms with E-state index in [1.807, 2.05) is 0 Å². The van der Waals surface area contributed by atoms with E-state index < -0.39 is 0 Å². The number of carbonyl (C=O) groups is 1. The van der Waals surface area contributed by atoms with Crippen molar-refractivity contribution >= 4 is 5.91 Å². The minimum atomic E-state index is 0.228. The normalized spacial score (nSPS) is 29.5. The lowest BCUT2D eigenvalue weighted by molar-refractivity contribution is -0.139. The molecule has 2 atom stereocenters. The molecule has 0 bridgehead atoms. The highest BCUT2D eigenvalue weighted by molar-refractivity contribution is 5.78. The molecule has 1 heterocycles. The molecule has 1 saturated heterocycles. The Balaban J connectivity index is 1.57. The molecule has 3 fully saturated rings. The second-order valence-electron chi connectivity index (χ2n) is 7.12. The fraction of sp³-hybridized carbons (Fsp3) is 0.941. The first kappa shape index (κ1) is 15.3. The summed E-state index contributed by atoms with van der Waals surface area (Å²) >= 11 is 0. The van der Waals surface area contributed by atoms with E-state index in [-0.39, 0.29) is 6.61 Å².